The Balaban J connectivity index is 1.77. The first-order chi connectivity index (χ1) is 12.2. The molecule has 2 aromatic carbocycles. The van der Waals surface area contributed by atoms with Gasteiger partial charge in [-0.25, -0.2) is 0 Å². The zero-order valence-corrected chi connectivity index (χ0v) is 15.3. The maximum Gasteiger partial charge on any atom is 0.251 e. The Morgan fingerprint density at radius 2 is 1.72 bits per heavy atom. The molecule has 0 heterocycles. The van der Waals surface area contributed by atoms with Gasteiger partial charge in [-0.2, -0.15) is 0 Å². The number of rotatable bonds is 10. The van der Waals surface area contributed by atoms with Gasteiger partial charge in [-0.15, -0.1) is 0 Å². The third-order valence-corrected chi connectivity index (χ3v) is 4.15. The van der Waals surface area contributed by atoms with Crippen LogP contribution in [-0.4, -0.2) is 18.6 Å². The number of carbonyl (C=O) groups excluding carboxylic acids is 1. The van der Waals surface area contributed by atoms with Crippen molar-refractivity contribution in [1.82, 2.24) is 5.32 Å². The number of unbranched alkanes of at least 4 members (excludes halogenated alkanes) is 3. The summed E-state index contributed by atoms with van der Waals surface area (Å²) in [5.41, 5.74) is 1.89. The molecule has 0 radical (unpaired) electrons. The largest absolute Gasteiger partial charge is 0.494 e. The second-order valence-electron chi connectivity index (χ2n) is 6.50. The molecule has 0 saturated carbocycles. The highest BCUT2D eigenvalue weighted by atomic mass is 16.5. The van der Waals surface area contributed by atoms with Crippen molar-refractivity contribution in [3.8, 4) is 5.75 Å². The molecular weight excluding hydrogens is 310 g/mol. The van der Waals surface area contributed by atoms with Gasteiger partial charge in [0.05, 0.1) is 6.61 Å². The Kier molecular flexibility index (Phi) is 8.03. The molecule has 0 bridgehead atoms. The van der Waals surface area contributed by atoms with E-state index in [4.69, 9.17) is 4.74 Å². The monoisotopic (exact) mass is 339 g/mol. The van der Waals surface area contributed by atoms with E-state index in [2.05, 4.69) is 24.4 Å². The van der Waals surface area contributed by atoms with Crippen LogP contribution in [0.5, 0.6) is 5.75 Å². The standard InChI is InChI=1S/C22H29NO2/c1-3-4-5-9-16-25-21-14-12-20(13-15-21)22(24)23-18(2)17-19-10-7-6-8-11-19/h6-8,10-15,18H,3-5,9,16-17H2,1-2H3,(H,23,24). The lowest BCUT2D eigenvalue weighted by Gasteiger charge is -2.14. The lowest BCUT2D eigenvalue weighted by atomic mass is 10.1. The van der Waals surface area contributed by atoms with E-state index in [1.807, 2.05) is 49.4 Å². The molecular formula is C22H29NO2. The summed E-state index contributed by atoms with van der Waals surface area (Å²) in [5.74, 6) is 0.781. The summed E-state index contributed by atoms with van der Waals surface area (Å²) in [5, 5.41) is 3.05. The summed E-state index contributed by atoms with van der Waals surface area (Å²) in [6, 6.07) is 17.7. The van der Waals surface area contributed by atoms with E-state index in [0.29, 0.717) is 5.56 Å². The lowest BCUT2D eigenvalue weighted by Crippen LogP contribution is -2.34. The van der Waals surface area contributed by atoms with E-state index in [0.717, 1.165) is 25.2 Å². The van der Waals surface area contributed by atoms with Gasteiger partial charge in [0.2, 0.25) is 0 Å². The van der Waals surface area contributed by atoms with Crippen LogP contribution < -0.4 is 10.1 Å². The van der Waals surface area contributed by atoms with Crippen molar-refractivity contribution >= 4 is 5.91 Å². The molecule has 0 aliphatic rings. The molecule has 2 rings (SSSR count). The zero-order chi connectivity index (χ0) is 17.9. The average Bonchev–Trinajstić information content (AvgIpc) is 2.63. The summed E-state index contributed by atoms with van der Waals surface area (Å²) in [6.45, 7) is 4.96. The van der Waals surface area contributed by atoms with Crippen LogP contribution in [0.1, 0.15) is 55.5 Å². The number of carbonyl (C=O) groups is 1. The van der Waals surface area contributed by atoms with Gasteiger partial charge < -0.3 is 10.1 Å². The first-order valence-corrected chi connectivity index (χ1v) is 9.26. The molecule has 1 amide bonds. The highest BCUT2D eigenvalue weighted by Crippen LogP contribution is 2.13. The smallest absolute Gasteiger partial charge is 0.251 e. The van der Waals surface area contributed by atoms with Crippen molar-refractivity contribution in [3.05, 3.63) is 65.7 Å². The summed E-state index contributed by atoms with van der Waals surface area (Å²) >= 11 is 0. The number of hydrogen-bond acceptors (Lipinski definition) is 2. The van der Waals surface area contributed by atoms with Crippen molar-refractivity contribution in [2.75, 3.05) is 6.61 Å². The minimum absolute atomic E-state index is 0.0436. The second kappa shape index (κ2) is 10.5. The van der Waals surface area contributed by atoms with Crippen molar-refractivity contribution < 1.29 is 9.53 Å². The number of ether oxygens (including phenoxy) is 1. The summed E-state index contributed by atoms with van der Waals surface area (Å²) in [6.07, 6.45) is 5.59. The van der Waals surface area contributed by atoms with Crippen LogP contribution in [0.3, 0.4) is 0 Å². The molecule has 0 aliphatic heterocycles. The fraction of sp³-hybridized carbons (Fsp3) is 0.409. The van der Waals surface area contributed by atoms with Gasteiger partial charge in [0.25, 0.3) is 5.91 Å². The zero-order valence-electron chi connectivity index (χ0n) is 15.3. The minimum Gasteiger partial charge on any atom is -0.494 e. The van der Waals surface area contributed by atoms with E-state index in [-0.39, 0.29) is 11.9 Å². The number of nitrogens with one attached hydrogen (secondary N) is 1. The molecule has 1 N–H and O–H groups in total. The first kappa shape index (κ1) is 19.0. The van der Waals surface area contributed by atoms with Gasteiger partial charge in [-0.3, -0.25) is 4.79 Å². The van der Waals surface area contributed by atoms with Gasteiger partial charge in [0.15, 0.2) is 0 Å². The van der Waals surface area contributed by atoms with E-state index < -0.39 is 0 Å². The predicted molar refractivity (Wildman–Crippen MR) is 103 cm³/mol. The van der Waals surface area contributed by atoms with Gasteiger partial charge in [0, 0.05) is 11.6 Å². The highest BCUT2D eigenvalue weighted by molar-refractivity contribution is 5.94. The van der Waals surface area contributed by atoms with Crippen molar-refractivity contribution in [1.29, 1.82) is 0 Å². The molecule has 0 spiro atoms. The third-order valence-electron chi connectivity index (χ3n) is 4.15. The summed E-state index contributed by atoms with van der Waals surface area (Å²) < 4.78 is 5.72. The van der Waals surface area contributed by atoms with Gasteiger partial charge >= 0.3 is 0 Å². The number of hydrogen-bond donors (Lipinski definition) is 1. The van der Waals surface area contributed by atoms with Crippen molar-refractivity contribution in [3.63, 3.8) is 0 Å². The average molecular weight is 339 g/mol. The maximum atomic E-state index is 12.3. The predicted octanol–water partition coefficient (Wildman–Crippen LogP) is 5.01. The molecule has 3 nitrogen and oxygen atoms in total. The van der Waals surface area contributed by atoms with E-state index >= 15 is 0 Å². The number of amides is 1. The first-order valence-electron chi connectivity index (χ1n) is 9.26. The van der Waals surface area contributed by atoms with E-state index in [9.17, 15) is 4.79 Å². The molecule has 0 fully saturated rings. The van der Waals surface area contributed by atoms with Crippen LogP contribution >= 0.6 is 0 Å². The molecule has 25 heavy (non-hydrogen) atoms. The Bertz CT molecular complexity index is 622. The molecule has 1 unspecified atom stereocenters. The number of benzene rings is 2. The van der Waals surface area contributed by atoms with Crippen LogP contribution in [0.15, 0.2) is 54.6 Å². The fourth-order valence-corrected chi connectivity index (χ4v) is 2.75. The van der Waals surface area contributed by atoms with Crippen LogP contribution in [0.4, 0.5) is 0 Å². The Hall–Kier alpha value is -2.29. The summed E-state index contributed by atoms with van der Waals surface area (Å²) in [7, 11) is 0. The highest BCUT2D eigenvalue weighted by Gasteiger charge is 2.10. The minimum atomic E-state index is -0.0436. The molecule has 134 valence electrons. The quantitative estimate of drug-likeness (QED) is 0.618. The van der Waals surface area contributed by atoms with Crippen LogP contribution in [0, 0.1) is 0 Å². The molecule has 0 saturated heterocycles. The topological polar surface area (TPSA) is 38.3 Å². The third kappa shape index (κ3) is 7.00. The summed E-state index contributed by atoms with van der Waals surface area (Å²) in [4.78, 5) is 12.3. The van der Waals surface area contributed by atoms with Gasteiger partial charge in [-0.1, -0.05) is 56.5 Å². The molecule has 1 atom stereocenters. The molecule has 2 aromatic rings. The fourth-order valence-electron chi connectivity index (χ4n) is 2.75. The molecule has 3 heteroatoms. The Morgan fingerprint density at radius 1 is 1.00 bits per heavy atom. The molecule has 0 aromatic heterocycles. The van der Waals surface area contributed by atoms with Crippen molar-refractivity contribution in [2.45, 2.75) is 52.0 Å². The molecule has 0 aliphatic carbocycles. The van der Waals surface area contributed by atoms with E-state index in [1.54, 1.807) is 0 Å². The van der Waals surface area contributed by atoms with Gasteiger partial charge in [-0.05, 0) is 49.6 Å². The lowest BCUT2D eigenvalue weighted by molar-refractivity contribution is 0.0940. The Morgan fingerprint density at radius 3 is 2.40 bits per heavy atom. The van der Waals surface area contributed by atoms with Crippen LogP contribution in [0.25, 0.3) is 0 Å². The van der Waals surface area contributed by atoms with Crippen LogP contribution in [0.2, 0.25) is 0 Å². The van der Waals surface area contributed by atoms with Gasteiger partial charge in [0.1, 0.15) is 5.75 Å². The SMILES string of the molecule is CCCCCCOc1ccc(C(=O)NC(C)Cc2ccccc2)cc1. The maximum absolute atomic E-state index is 12.3. The van der Waals surface area contributed by atoms with Crippen LogP contribution in [-0.2, 0) is 6.42 Å². The Labute approximate surface area is 151 Å². The normalized spacial score (nSPS) is 11.8. The van der Waals surface area contributed by atoms with E-state index in [1.165, 1.54) is 24.8 Å². The van der Waals surface area contributed by atoms with Crippen molar-refractivity contribution in [2.24, 2.45) is 0 Å². The second-order valence-corrected chi connectivity index (χ2v) is 6.50.